The van der Waals surface area contributed by atoms with Gasteiger partial charge in [0, 0.05) is 25.0 Å². The summed E-state index contributed by atoms with van der Waals surface area (Å²) in [4.78, 5) is 21.0. The van der Waals surface area contributed by atoms with Gasteiger partial charge in [0.1, 0.15) is 0 Å². The van der Waals surface area contributed by atoms with Gasteiger partial charge in [0.2, 0.25) is 5.91 Å². The summed E-state index contributed by atoms with van der Waals surface area (Å²) in [5.74, 6) is 0.617. The van der Waals surface area contributed by atoms with Gasteiger partial charge in [-0.3, -0.25) is 9.78 Å². The summed E-state index contributed by atoms with van der Waals surface area (Å²) in [6, 6.07) is 11.6. The highest BCUT2D eigenvalue weighted by atomic mass is 32.2. The first-order valence-electron chi connectivity index (χ1n) is 8.24. The first-order valence-corrected chi connectivity index (χ1v) is 9.94. The second-order valence-corrected chi connectivity index (χ2v) is 8.18. The minimum atomic E-state index is -0.342. The van der Waals surface area contributed by atoms with Crippen molar-refractivity contribution >= 4 is 44.4 Å². The van der Waals surface area contributed by atoms with E-state index in [1.54, 1.807) is 12.4 Å². The number of rotatable bonds is 5. The smallest absolute Gasteiger partial charge is 0.239 e. The predicted molar refractivity (Wildman–Crippen MR) is 108 cm³/mol. The van der Waals surface area contributed by atoms with Crippen LogP contribution < -0.4 is 5.32 Å². The lowest BCUT2D eigenvalue weighted by Gasteiger charge is -2.10. The van der Waals surface area contributed by atoms with Gasteiger partial charge in [0.25, 0.3) is 0 Å². The lowest BCUT2D eigenvalue weighted by atomic mass is 10.2. The maximum atomic E-state index is 12.6. The first-order chi connectivity index (χ1) is 13.1. The van der Waals surface area contributed by atoms with Crippen LogP contribution in [0.15, 0.2) is 53.9 Å². The maximum absolute atomic E-state index is 12.6. The van der Waals surface area contributed by atoms with E-state index in [0.717, 1.165) is 21.6 Å². The van der Waals surface area contributed by atoms with Crippen molar-refractivity contribution in [1.82, 2.24) is 24.7 Å². The van der Waals surface area contributed by atoms with Crippen LogP contribution in [0.4, 0.5) is 5.13 Å². The number of pyridine rings is 1. The lowest BCUT2D eigenvalue weighted by molar-refractivity contribution is -0.115. The number of amides is 1. The number of para-hydroxylation sites is 1. The van der Waals surface area contributed by atoms with Crippen molar-refractivity contribution in [2.24, 2.45) is 7.05 Å². The molecule has 7 nitrogen and oxygen atoms in total. The predicted octanol–water partition coefficient (Wildman–Crippen LogP) is 3.61. The minimum Gasteiger partial charge on any atom is -0.305 e. The summed E-state index contributed by atoms with van der Waals surface area (Å²) in [5.41, 5.74) is 1.81. The number of thioether (sulfide) groups is 1. The molecule has 3 aromatic heterocycles. The van der Waals surface area contributed by atoms with Crippen molar-refractivity contribution in [1.29, 1.82) is 0 Å². The standard InChI is InChI=1S/C18H16N6OS2/c1-11(16(25)21-17-20-13-5-3-4-6-14(13)27-17)26-18-23-22-15(24(18)2)12-7-9-19-10-8-12/h3-11H,1-2H3,(H,20,21,25). The van der Waals surface area contributed by atoms with Crippen LogP contribution in [0.25, 0.3) is 21.6 Å². The number of fused-ring (bicyclic) bond motifs is 1. The van der Waals surface area contributed by atoms with Crippen LogP contribution in [0.1, 0.15) is 6.92 Å². The molecule has 0 bridgehead atoms. The van der Waals surface area contributed by atoms with Crippen molar-refractivity contribution in [3.8, 4) is 11.4 Å². The Balaban J connectivity index is 1.46. The third kappa shape index (κ3) is 3.69. The number of aromatic nitrogens is 5. The molecule has 1 atom stereocenters. The molecule has 0 aliphatic heterocycles. The summed E-state index contributed by atoms with van der Waals surface area (Å²) in [6.45, 7) is 1.84. The molecular weight excluding hydrogens is 380 g/mol. The van der Waals surface area contributed by atoms with Crippen molar-refractivity contribution in [3.05, 3.63) is 48.8 Å². The number of hydrogen-bond acceptors (Lipinski definition) is 7. The molecule has 3 heterocycles. The molecule has 0 aliphatic rings. The number of nitrogens with one attached hydrogen (secondary N) is 1. The molecule has 4 rings (SSSR count). The van der Waals surface area contributed by atoms with Gasteiger partial charge >= 0.3 is 0 Å². The summed E-state index contributed by atoms with van der Waals surface area (Å²) in [6.07, 6.45) is 3.43. The molecular formula is C18H16N6OS2. The Morgan fingerprint density at radius 2 is 1.96 bits per heavy atom. The van der Waals surface area contributed by atoms with E-state index in [1.807, 2.05) is 54.9 Å². The summed E-state index contributed by atoms with van der Waals surface area (Å²) < 4.78 is 2.92. The highest BCUT2D eigenvalue weighted by Crippen LogP contribution is 2.28. The van der Waals surface area contributed by atoms with E-state index in [2.05, 4.69) is 25.5 Å². The zero-order valence-electron chi connectivity index (χ0n) is 14.7. The normalized spacial score (nSPS) is 12.2. The Labute approximate surface area is 163 Å². The molecule has 1 aromatic carbocycles. The van der Waals surface area contributed by atoms with Crippen LogP contribution in [0.2, 0.25) is 0 Å². The number of carbonyl (C=O) groups excluding carboxylic acids is 1. The van der Waals surface area contributed by atoms with E-state index < -0.39 is 0 Å². The van der Waals surface area contributed by atoms with E-state index in [4.69, 9.17) is 0 Å². The molecule has 0 radical (unpaired) electrons. The Bertz CT molecular complexity index is 1060. The topological polar surface area (TPSA) is 85.6 Å². The highest BCUT2D eigenvalue weighted by molar-refractivity contribution is 8.00. The maximum Gasteiger partial charge on any atom is 0.239 e. The Hall–Kier alpha value is -2.78. The molecule has 0 saturated heterocycles. The fraction of sp³-hybridized carbons (Fsp3) is 0.167. The van der Waals surface area contributed by atoms with Crippen LogP contribution in [-0.4, -0.2) is 35.9 Å². The monoisotopic (exact) mass is 396 g/mol. The second kappa shape index (κ2) is 7.45. The van der Waals surface area contributed by atoms with Gasteiger partial charge in [0.05, 0.1) is 15.5 Å². The first kappa shape index (κ1) is 17.6. The molecule has 136 valence electrons. The lowest BCUT2D eigenvalue weighted by Crippen LogP contribution is -2.22. The van der Waals surface area contributed by atoms with Crippen molar-refractivity contribution < 1.29 is 4.79 Å². The number of carbonyl (C=O) groups is 1. The van der Waals surface area contributed by atoms with Crippen LogP contribution in [0.3, 0.4) is 0 Å². The highest BCUT2D eigenvalue weighted by Gasteiger charge is 2.20. The molecule has 1 amide bonds. The van der Waals surface area contributed by atoms with E-state index in [1.165, 1.54) is 23.1 Å². The molecule has 1 unspecified atom stereocenters. The molecule has 0 saturated carbocycles. The fourth-order valence-corrected chi connectivity index (χ4v) is 4.20. The third-order valence-corrected chi connectivity index (χ3v) is 6.03. The van der Waals surface area contributed by atoms with Crippen molar-refractivity contribution in [2.75, 3.05) is 5.32 Å². The summed E-state index contributed by atoms with van der Waals surface area (Å²) >= 11 is 2.82. The average Bonchev–Trinajstić information content (AvgIpc) is 3.25. The van der Waals surface area contributed by atoms with Gasteiger partial charge in [-0.2, -0.15) is 0 Å². The minimum absolute atomic E-state index is 0.118. The van der Waals surface area contributed by atoms with Gasteiger partial charge < -0.3 is 9.88 Å². The van der Waals surface area contributed by atoms with Gasteiger partial charge in [-0.15, -0.1) is 10.2 Å². The molecule has 27 heavy (non-hydrogen) atoms. The third-order valence-electron chi connectivity index (χ3n) is 3.95. The van der Waals surface area contributed by atoms with Gasteiger partial charge in [0.15, 0.2) is 16.1 Å². The number of anilines is 1. The Morgan fingerprint density at radius 1 is 1.19 bits per heavy atom. The zero-order chi connectivity index (χ0) is 18.8. The van der Waals surface area contributed by atoms with Gasteiger partial charge in [-0.1, -0.05) is 35.2 Å². The van der Waals surface area contributed by atoms with Crippen molar-refractivity contribution in [3.63, 3.8) is 0 Å². The molecule has 0 spiro atoms. The fourth-order valence-electron chi connectivity index (χ4n) is 2.51. The van der Waals surface area contributed by atoms with Gasteiger partial charge in [-0.05, 0) is 31.2 Å². The van der Waals surface area contributed by atoms with Crippen LogP contribution in [0.5, 0.6) is 0 Å². The SMILES string of the molecule is CC(Sc1nnc(-c2ccncc2)n1C)C(=O)Nc1nc2ccccc2s1. The Morgan fingerprint density at radius 3 is 2.74 bits per heavy atom. The van der Waals surface area contributed by atoms with Crippen LogP contribution >= 0.6 is 23.1 Å². The molecule has 1 N–H and O–H groups in total. The number of hydrogen-bond donors (Lipinski definition) is 1. The average molecular weight is 397 g/mol. The second-order valence-electron chi connectivity index (χ2n) is 5.84. The number of benzene rings is 1. The van der Waals surface area contributed by atoms with Crippen molar-refractivity contribution in [2.45, 2.75) is 17.3 Å². The van der Waals surface area contributed by atoms with Crippen LogP contribution in [-0.2, 0) is 11.8 Å². The number of nitrogens with zero attached hydrogens (tertiary/aromatic N) is 5. The zero-order valence-corrected chi connectivity index (χ0v) is 16.3. The van der Waals surface area contributed by atoms with E-state index >= 15 is 0 Å². The largest absolute Gasteiger partial charge is 0.305 e. The molecule has 9 heteroatoms. The van der Waals surface area contributed by atoms with E-state index in [9.17, 15) is 4.79 Å². The molecule has 0 fully saturated rings. The summed E-state index contributed by atoms with van der Waals surface area (Å²) in [5, 5.41) is 12.3. The molecule has 0 aliphatic carbocycles. The quantitative estimate of drug-likeness (QED) is 0.519. The Kier molecular flexibility index (Phi) is 4.87. The van der Waals surface area contributed by atoms with E-state index in [-0.39, 0.29) is 11.2 Å². The van der Waals surface area contributed by atoms with Crippen LogP contribution in [0, 0.1) is 0 Å². The summed E-state index contributed by atoms with van der Waals surface area (Å²) in [7, 11) is 1.89. The number of thiazole rings is 1. The van der Waals surface area contributed by atoms with Gasteiger partial charge in [-0.25, -0.2) is 4.98 Å². The van der Waals surface area contributed by atoms with E-state index in [0.29, 0.717) is 10.3 Å². The molecule has 4 aromatic rings.